The Bertz CT molecular complexity index is 637. The lowest BCUT2D eigenvalue weighted by Gasteiger charge is -2.22. The smallest absolute Gasteiger partial charge is 0.321 e. The summed E-state index contributed by atoms with van der Waals surface area (Å²) >= 11 is 0. The Kier molecular flexibility index (Phi) is 5.59. The average Bonchev–Trinajstić information content (AvgIpc) is 2.48. The van der Waals surface area contributed by atoms with Crippen LogP contribution in [-0.4, -0.2) is 19.1 Å². The molecule has 0 aliphatic carbocycles. The minimum atomic E-state index is -0.0410. The van der Waals surface area contributed by atoms with Crippen molar-refractivity contribution in [3.63, 3.8) is 0 Å². The van der Waals surface area contributed by atoms with Gasteiger partial charge in [0.05, 0.1) is 0 Å². The molecule has 0 fully saturated rings. The second-order valence-corrected chi connectivity index (χ2v) is 5.55. The Morgan fingerprint density at radius 2 is 1.73 bits per heavy atom. The first-order chi connectivity index (χ1) is 10.6. The number of nitrogens with one attached hydrogen (secondary N) is 1. The number of urea groups is 1. The number of amides is 2. The van der Waals surface area contributed by atoms with Gasteiger partial charge in [-0.05, 0) is 50.5 Å². The van der Waals surface area contributed by atoms with Gasteiger partial charge in [-0.2, -0.15) is 0 Å². The van der Waals surface area contributed by atoms with Crippen molar-refractivity contribution in [2.24, 2.45) is 0 Å². The van der Waals surface area contributed by atoms with Crippen molar-refractivity contribution in [2.45, 2.75) is 27.2 Å². The maximum Gasteiger partial charge on any atom is 0.321 e. The van der Waals surface area contributed by atoms with Crippen LogP contribution in [0.4, 0.5) is 10.5 Å². The molecule has 2 rings (SSSR count). The van der Waals surface area contributed by atoms with E-state index < -0.39 is 0 Å². The molecule has 2 aromatic carbocycles. The molecule has 2 amide bonds. The Morgan fingerprint density at radius 1 is 1.05 bits per heavy atom. The van der Waals surface area contributed by atoms with Crippen molar-refractivity contribution in [1.82, 2.24) is 5.32 Å². The highest BCUT2D eigenvalue weighted by atomic mass is 16.2. The summed E-state index contributed by atoms with van der Waals surface area (Å²) in [6.07, 6.45) is 0.846. The van der Waals surface area contributed by atoms with Gasteiger partial charge in [0, 0.05) is 18.8 Å². The lowest BCUT2D eigenvalue weighted by molar-refractivity contribution is 0.246. The fraction of sp³-hybridized carbons (Fsp3) is 0.316. The van der Waals surface area contributed by atoms with E-state index >= 15 is 0 Å². The largest absolute Gasteiger partial charge is 0.337 e. The molecule has 0 heterocycles. The van der Waals surface area contributed by atoms with Gasteiger partial charge in [-0.25, -0.2) is 4.79 Å². The summed E-state index contributed by atoms with van der Waals surface area (Å²) in [6, 6.07) is 16.4. The number of aryl methyl sites for hydroxylation is 2. The minimum absolute atomic E-state index is 0.0410. The van der Waals surface area contributed by atoms with E-state index in [-0.39, 0.29) is 6.03 Å². The van der Waals surface area contributed by atoms with Gasteiger partial charge in [0.2, 0.25) is 0 Å². The van der Waals surface area contributed by atoms with Crippen LogP contribution in [0.5, 0.6) is 0 Å². The molecule has 0 saturated heterocycles. The van der Waals surface area contributed by atoms with Crippen LogP contribution in [-0.2, 0) is 6.42 Å². The van der Waals surface area contributed by atoms with E-state index in [0.29, 0.717) is 13.1 Å². The van der Waals surface area contributed by atoms with Crippen LogP contribution in [0.25, 0.3) is 0 Å². The number of carbonyl (C=O) groups is 1. The molecule has 116 valence electrons. The number of carbonyl (C=O) groups excluding carboxylic acids is 1. The van der Waals surface area contributed by atoms with E-state index in [1.807, 2.05) is 38.1 Å². The molecule has 3 heteroatoms. The zero-order chi connectivity index (χ0) is 15.9. The Labute approximate surface area is 133 Å². The van der Waals surface area contributed by atoms with Crippen LogP contribution in [0.15, 0.2) is 48.5 Å². The molecule has 3 nitrogen and oxygen atoms in total. The van der Waals surface area contributed by atoms with Crippen molar-refractivity contribution in [3.8, 4) is 0 Å². The molecule has 0 spiro atoms. The zero-order valence-electron chi connectivity index (χ0n) is 13.6. The molecule has 0 radical (unpaired) electrons. The fourth-order valence-electron chi connectivity index (χ4n) is 2.52. The van der Waals surface area contributed by atoms with Gasteiger partial charge in [-0.15, -0.1) is 0 Å². The van der Waals surface area contributed by atoms with E-state index in [0.717, 1.165) is 17.7 Å². The highest BCUT2D eigenvalue weighted by Gasteiger charge is 2.13. The van der Waals surface area contributed by atoms with E-state index in [9.17, 15) is 4.79 Å². The summed E-state index contributed by atoms with van der Waals surface area (Å²) in [5.41, 5.74) is 4.59. The summed E-state index contributed by atoms with van der Waals surface area (Å²) in [6.45, 7) is 7.40. The second-order valence-electron chi connectivity index (χ2n) is 5.55. The number of rotatable bonds is 5. The van der Waals surface area contributed by atoms with Gasteiger partial charge in [0.25, 0.3) is 0 Å². The summed E-state index contributed by atoms with van der Waals surface area (Å²) in [5.74, 6) is 0. The van der Waals surface area contributed by atoms with Gasteiger partial charge in [0.15, 0.2) is 0 Å². The highest BCUT2D eigenvalue weighted by molar-refractivity contribution is 5.91. The lowest BCUT2D eigenvalue weighted by Crippen LogP contribution is -2.40. The molecule has 0 unspecified atom stereocenters. The van der Waals surface area contributed by atoms with Crippen LogP contribution >= 0.6 is 0 Å². The lowest BCUT2D eigenvalue weighted by atomic mass is 10.1. The number of anilines is 1. The predicted molar refractivity (Wildman–Crippen MR) is 92.5 cm³/mol. The predicted octanol–water partition coefficient (Wildman–Crippen LogP) is 4.08. The zero-order valence-corrected chi connectivity index (χ0v) is 13.6. The molecule has 0 aliphatic heterocycles. The SMILES string of the molecule is CCN(C(=O)NCCc1cccc(C)c1)c1cccc(C)c1. The Hall–Kier alpha value is -2.29. The van der Waals surface area contributed by atoms with Gasteiger partial charge in [0.1, 0.15) is 0 Å². The number of hydrogen-bond donors (Lipinski definition) is 1. The summed E-state index contributed by atoms with van der Waals surface area (Å²) in [7, 11) is 0. The molecule has 2 aromatic rings. The van der Waals surface area contributed by atoms with Crippen LogP contribution in [0, 0.1) is 13.8 Å². The van der Waals surface area contributed by atoms with Crippen molar-refractivity contribution in [3.05, 3.63) is 65.2 Å². The Balaban J connectivity index is 1.92. The van der Waals surface area contributed by atoms with Crippen LogP contribution in [0.2, 0.25) is 0 Å². The van der Waals surface area contributed by atoms with E-state index in [1.54, 1.807) is 4.90 Å². The first kappa shape index (κ1) is 16.1. The van der Waals surface area contributed by atoms with Crippen LogP contribution in [0.1, 0.15) is 23.6 Å². The van der Waals surface area contributed by atoms with Gasteiger partial charge < -0.3 is 5.32 Å². The molecule has 0 saturated carbocycles. The van der Waals surface area contributed by atoms with Crippen molar-refractivity contribution < 1.29 is 4.79 Å². The molecule has 0 aromatic heterocycles. The van der Waals surface area contributed by atoms with E-state index in [4.69, 9.17) is 0 Å². The summed E-state index contributed by atoms with van der Waals surface area (Å²) in [5, 5.41) is 3.01. The topological polar surface area (TPSA) is 32.3 Å². The van der Waals surface area contributed by atoms with Crippen molar-refractivity contribution in [1.29, 1.82) is 0 Å². The molecule has 22 heavy (non-hydrogen) atoms. The molecule has 0 atom stereocenters. The quantitative estimate of drug-likeness (QED) is 0.886. The average molecular weight is 296 g/mol. The maximum absolute atomic E-state index is 12.4. The first-order valence-corrected chi connectivity index (χ1v) is 7.77. The summed E-state index contributed by atoms with van der Waals surface area (Å²) in [4.78, 5) is 14.1. The third kappa shape index (κ3) is 4.35. The number of hydrogen-bond acceptors (Lipinski definition) is 1. The highest BCUT2D eigenvalue weighted by Crippen LogP contribution is 2.15. The molecular formula is C19H24N2O. The van der Waals surface area contributed by atoms with Crippen molar-refractivity contribution in [2.75, 3.05) is 18.0 Å². The number of benzene rings is 2. The minimum Gasteiger partial charge on any atom is -0.337 e. The fourth-order valence-corrected chi connectivity index (χ4v) is 2.52. The standard InChI is InChI=1S/C19H24N2O/c1-4-21(18-10-6-8-16(3)14-18)19(22)20-12-11-17-9-5-7-15(2)13-17/h5-10,13-14H,4,11-12H2,1-3H3,(H,20,22). The van der Waals surface area contributed by atoms with Crippen LogP contribution < -0.4 is 10.2 Å². The molecule has 0 aliphatic rings. The molecular weight excluding hydrogens is 272 g/mol. The normalized spacial score (nSPS) is 10.3. The number of nitrogens with zero attached hydrogens (tertiary/aromatic N) is 1. The van der Waals surface area contributed by atoms with Gasteiger partial charge in [-0.1, -0.05) is 42.0 Å². The second kappa shape index (κ2) is 7.64. The van der Waals surface area contributed by atoms with Crippen molar-refractivity contribution >= 4 is 11.7 Å². The van der Waals surface area contributed by atoms with Gasteiger partial charge in [-0.3, -0.25) is 4.90 Å². The van der Waals surface area contributed by atoms with Crippen LogP contribution in [0.3, 0.4) is 0 Å². The van der Waals surface area contributed by atoms with E-state index in [1.165, 1.54) is 11.1 Å². The van der Waals surface area contributed by atoms with E-state index in [2.05, 4.69) is 36.5 Å². The third-order valence-corrected chi connectivity index (χ3v) is 3.65. The monoisotopic (exact) mass is 296 g/mol. The summed E-state index contributed by atoms with van der Waals surface area (Å²) < 4.78 is 0. The Morgan fingerprint density at radius 3 is 2.36 bits per heavy atom. The third-order valence-electron chi connectivity index (χ3n) is 3.65. The molecule has 1 N–H and O–H groups in total. The first-order valence-electron chi connectivity index (χ1n) is 7.77. The molecule has 0 bridgehead atoms. The van der Waals surface area contributed by atoms with Gasteiger partial charge >= 0.3 is 6.03 Å². The maximum atomic E-state index is 12.4.